The maximum absolute atomic E-state index is 11.1. The van der Waals surface area contributed by atoms with Crippen LogP contribution in [0.1, 0.15) is 11.1 Å². The van der Waals surface area contributed by atoms with Gasteiger partial charge in [-0.15, -0.1) is 0 Å². The number of benzene rings is 2. The third-order valence-corrected chi connectivity index (χ3v) is 4.37. The summed E-state index contributed by atoms with van der Waals surface area (Å²) < 4.78 is 6.14. The Morgan fingerprint density at radius 1 is 1.20 bits per heavy atom. The number of nitrogens with zero attached hydrogens (tertiary/aromatic N) is 3. The van der Waals surface area contributed by atoms with Crippen molar-refractivity contribution >= 4 is 38.7 Å². The fourth-order valence-electron chi connectivity index (χ4n) is 2.53. The lowest BCUT2D eigenvalue weighted by Crippen LogP contribution is -2.22. The van der Waals surface area contributed by atoms with Gasteiger partial charge in [-0.3, -0.25) is 25.7 Å². The standard InChI is InChI=1S/C15H11BrN4O5/c1-25-15-10(16)4-2-8-6-12(14(8)15)18-17-11-5-3-9(19(21)22)7-13(11)20(23)24/h2-5,7,17H,6H2,1H3/b18-12-. The smallest absolute Gasteiger partial charge is 0.301 e. The molecule has 0 radical (unpaired) electrons. The summed E-state index contributed by atoms with van der Waals surface area (Å²) in [4.78, 5) is 20.5. The van der Waals surface area contributed by atoms with E-state index in [1.165, 1.54) is 12.1 Å². The van der Waals surface area contributed by atoms with Crippen LogP contribution in [0.4, 0.5) is 17.1 Å². The van der Waals surface area contributed by atoms with Gasteiger partial charge in [-0.2, -0.15) is 5.10 Å². The van der Waals surface area contributed by atoms with E-state index in [2.05, 4.69) is 26.5 Å². The van der Waals surface area contributed by atoms with Gasteiger partial charge in [0.1, 0.15) is 11.4 Å². The molecule has 0 saturated heterocycles. The lowest BCUT2D eigenvalue weighted by atomic mass is 9.85. The van der Waals surface area contributed by atoms with Crippen LogP contribution in [0.2, 0.25) is 0 Å². The van der Waals surface area contributed by atoms with Crippen LogP contribution in [-0.2, 0) is 6.42 Å². The molecule has 0 aliphatic heterocycles. The van der Waals surface area contributed by atoms with Crippen molar-refractivity contribution in [2.45, 2.75) is 6.42 Å². The third-order valence-electron chi connectivity index (χ3n) is 3.75. The minimum atomic E-state index is -0.693. The summed E-state index contributed by atoms with van der Waals surface area (Å²) in [6.45, 7) is 0. The van der Waals surface area contributed by atoms with Crippen molar-refractivity contribution < 1.29 is 14.6 Å². The van der Waals surface area contributed by atoms with Gasteiger partial charge < -0.3 is 4.74 Å². The van der Waals surface area contributed by atoms with Crippen molar-refractivity contribution in [3.8, 4) is 5.75 Å². The van der Waals surface area contributed by atoms with Gasteiger partial charge >= 0.3 is 5.69 Å². The number of nitrogens with one attached hydrogen (secondary N) is 1. The Hall–Kier alpha value is -3.01. The molecular formula is C15H11BrN4O5. The first-order chi connectivity index (χ1) is 11.9. The Kier molecular flexibility index (Phi) is 4.36. The van der Waals surface area contributed by atoms with Gasteiger partial charge in [0.05, 0.1) is 33.2 Å². The minimum absolute atomic E-state index is 0.0745. The average molecular weight is 407 g/mol. The molecule has 0 atom stereocenters. The van der Waals surface area contributed by atoms with Gasteiger partial charge in [-0.25, -0.2) is 0 Å². The molecule has 3 rings (SSSR count). The number of fused-ring (bicyclic) bond motifs is 1. The van der Waals surface area contributed by atoms with Crippen LogP contribution in [0.5, 0.6) is 5.75 Å². The SMILES string of the molecule is COc1c(Br)ccc2c1/C(=N\Nc1ccc([N+](=O)[O-])cc1[N+](=O)[O-])C2. The molecule has 1 aliphatic carbocycles. The largest absolute Gasteiger partial charge is 0.495 e. The second-order valence-corrected chi connectivity index (χ2v) is 6.03. The molecule has 0 heterocycles. The zero-order valence-electron chi connectivity index (χ0n) is 12.9. The molecule has 9 nitrogen and oxygen atoms in total. The molecule has 2 aromatic carbocycles. The van der Waals surface area contributed by atoms with E-state index in [0.29, 0.717) is 17.9 Å². The first kappa shape index (κ1) is 16.8. The van der Waals surface area contributed by atoms with Crippen molar-refractivity contribution in [3.63, 3.8) is 0 Å². The molecule has 2 aromatic rings. The van der Waals surface area contributed by atoms with Crippen LogP contribution in [0.25, 0.3) is 0 Å². The third kappa shape index (κ3) is 3.03. The maximum atomic E-state index is 11.1. The number of rotatable bonds is 5. The number of nitro benzene ring substituents is 2. The fourth-order valence-corrected chi connectivity index (χ4v) is 3.02. The Morgan fingerprint density at radius 2 is 1.96 bits per heavy atom. The average Bonchev–Trinajstić information content (AvgIpc) is 2.56. The summed E-state index contributed by atoms with van der Waals surface area (Å²) in [5.74, 6) is 0.641. The van der Waals surface area contributed by atoms with Crippen molar-refractivity contribution in [3.05, 3.63) is 66.2 Å². The molecule has 0 saturated carbocycles. The number of non-ortho nitro benzene ring substituents is 1. The number of hydrogen-bond donors (Lipinski definition) is 1. The van der Waals surface area contributed by atoms with Crippen LogP contribution in [0.15, 0.2) is 39.9 Å². The topological polar surface area (TPSA) is 120 Å². The molecule has 0 bridgehead atoms. The molecule has 128 valence electrons. The van der Waals surface area contributed by atoms with Crippen molar-refractivity contribution in [1.29, 1.82) is 0 Å². The molecule has 25 heavy (non-hydrogen) atoms. The molecule has 0 spiro atoms. The normalized spacial score (nSPS) is 13.8. The highest BCUT2D eigenvalue weighted by Crippen LogP contribution is 2.38. The molecule has 0 amide bonds. The summed E-state index contributed by atoms with van der Waals surface area (Å²) in [7, 11) is 1.55. The van der Waals surface area contributed by atoms with Gasteiger partial charge in [0.25, 0.3) is 5.69 Å². The minimum Gasteiger partial charge on any atom is -0.495 e. The van der Waals surface area contributed by atoms with E-state index in [4.69, 9.17) is 4.74 Å². The number of ether oxygens (including phenoxy) is 1. The molecule has 0 unspecified atom stereocenters. The summed E-state index contributed by atoms with van der Waals surface area (Å²) in [5.41, 5.74) is 4.49. The van der Waals surface area contributed by atoms with Gasteiger partial charge in [0.15, 0.2) is 0 Å². The second-order valence-electron chi connectivity index (χ2n) is 5.18. The maximum Gasteiger partial charge on any atom is 0.301 e. The van der Waals surface area contributed by atoms with E-state index in [-0.39, 0.29) is 11.4 Å². The highest BCUT2D eigenvalue weighted by atomic mass is 79.9. The van der Waals surface area contributed by atoms with Crippen LogP contribution in [0.3, 0.4) is 0 Å². The van der Waals surface area contributed by atoms with E-state index in [0.717, 1.165) is 21.7 Å². The molecule has 1 aliphatic rings. The first-order valence-electron chi connectivity index (χ1n) is 7.03. The number of hydrogen-bond acceptors (Lipinski definition) is 7. The van der Waals surface area contributed by atoms with Crippen molar-refractivity contribution in [1.82, 2.24) is 0 Å². The zero-order chi connectivity index (χ0) is 18.1. The fraction of sp³-hybridized carbons (Fsp3) is 0.133. The lowest BCUT2D eigenvalue weighted by molar-refractivity contribution is -0.393. The zero-order valence-corrected chi connectivity index (χ0v) is 14.4. The van der Waals surface area contributed by atoms with Gasteiger partial charge in [0.2, 0.25) is 0 Å². The molecule has 1 N–H and O–H groups in total. The predicted octanol–water partition coefficient (Wildman–Crippen LogP) is 3.65. The van der Waals surface area contributed by atoms with E-state index in [9.17, 15) is 20.2 Å². The van der Waals surface area contributed by atoms with Gasteiger partial charge in [-0.05, 0) is 33.6 Å². The van der Waals surface area contributed by atoms with E-state index < -0.39 is 15.5 Å². The van der Waals surface area contributed by atoms with Crippen molar-refractivity contribution in [2.24, 2.45) is 5.10 Å². The Bertz CT molecular complexity index is 928. The van der Waals surface area contributed by atoms with E-state index in [1.807, 2.05) is 12.1 Å². The monoisotopic (exact) mass is 406 g/mol. The summed E-state index contributed by atoms with van der Waals surface area (Å²) >= 11 is 3.40. The van der Waals surface area contributed by atoms with E-state index in [1.54, 1.807) is 7.11 Å². The second kappa shape index (κ2) is 6.48. The quantitative estimate of drug-likeness (QED) is 0.597. The molecule has 0 aromatic heterocycles. The van der Waals surface area contributed by atoms with E-state index >= 15 is 0 Å². The Balaban J connectivity index is 1.93. The van der Waals surface area contributed by atoms with Crippen LogP contribution >= 0.6 is 15.9 Å². The number of nitro groups is 2. The predicted molar refractivity (Wildman–Crippen MR) is 94.3 cm³/mol. The molecule has 0 fully saturated rings. The van der Waals surface area contributed by atoms with Crippen molar-refractivity contribution in [2.75, 3.05) is 12.5 Å². The van der Waals surface area contributed by atoms with Gasteiger partial charge in [-0.1, -0.05) is 6.07 Å². The highest BCUT2D eigenvalue weighted by molar-refractivity contribution is 9.10. The highest BCUT2D eigenvalue weighted by Gasteiger charge is 2.28. The number of methoxy groups -OCH3 is 1. The number of halogens is 1. The first-order valence-corrected chi connectivity index (χ1v) is 7.82. The number of hydrazone groups is 1. The Morgan fingerprint density at radius 3 is 2.60 bits per heavy atom. The summed E-state index contributed by atoms with van der Waals surface area (Å²) in [5, 5.41) is 26.1. The summed E-state index contributed by atoms with van der Waals surface area (Å²) in [6, 6.07) is 7.16. The molecule has 10 heteroatoms. The van der Waals surface area contributed by atoms with Crippen LogP contribution in [-0.4, -0.2) is 22.7 Å². The lowest BCUT2D eigenvalue weighted by Gasteiger charge is -2.24. The van der Waals surface area contributed by atoms with Crippen LogP contribution in [0, 0.1) is 20.2 Å². The number of anilines is 1. The van der Waals surface area contributed by atoms with Crippen LogP contribution < -0.4 is 10.2 Å². The summed E-state index contributed by atoms with van der Waals surface area (Å²) in [6.07, 6.45) is 0.590. The van der Waals surface area contributed by atoms with Gasteiger partial charge in [0, 0.05) is 18.1 Å². The Labute approximate surface area is 149 Å². The molecular weight excluding hydrogens is 396 g/mol.